The monoisotopic (exact) mass is 351 g/mol. The van der Waals surface area contributed by atoms with Crippen LogP contribution in [0.3, 0.4) is 0 Å². The zero-order valence-corrected chi connectivity index (χ0v) is 12.7. The van der Waals surface area contributed by atoms with Gasteiger partial charge in [0, 0.05) is 12.1 Å². The van der Waals surface area contributed by atoms with Gasteiger partial charge in [-0.15, -0.1) is 0 Å². The number of nitrogens with one attached hydrogen (secondary N) is 1. The second-order valence-corrected chi connectivity index (χ2v) is 7.33. The summed E-state index contributed by atoms with van der Waals surface area (Å²) in [6, 6.07) is 2.54. The SMILES string of the molecule is Cc1nc(Cl)sc1S(=O)(=O)Nc1cc([N+](=O)[O-])ccc1F. The standard InChI is InChI=1S/C10H7ClFN3O4S2/c1-5-9(20-10(11)13-5)21(18,19)14-8-4-6(15(16)17)2-3-7(8)12/h2-4,14H,1H3. The highest BCUT2D eigenvalue weighted by Gasteiger charge is 2.23. The number of nitro groups is 1. The van der Waals surface area contributed by atoms with Gasteiger partial charge in [-0.1, -0.05) is 22.9 Å². The van der Waals surface area contributed by atoms with E-state index < -0.39 is 32.1 Å². The molecular weight excluding hydrogens is 345 g/mol. The number of halogens is 2. The molecule has 0 unspecified atom stereocenters. The number of aryl methyl sites for hydroxylation is 1. The number of nitro benzene ring substituents is 1. The summed E-state index contributed by atoms with van der Waals surface area (Å²) in [5, 5.41) is 10.6. The third-order valence-electron chi connectivity index (χ3n) is 2.38. The first kappa shape index (κ1) is 15.6. The molecule has 0 aliphatic carbocycles. The van der Waals surface area contributed by atoms with Gasteiger partial charge in [0.05, 0.1) is 16.3 Å². The molecule has 7 nitrogen and oxygen atoms in total. The van der Waals surface area contributed by atoms with E-state index in [-0.39, 0.29) is 14.4 Å². The Balaban J connectivity index is 2.43. The van der Waals surface area contributed by atoms with Crippen LogP contribution in [-0.4, -0.2) is 18.3 Å². The van der Waals surface area contributed by atoms with Crippen molar-refractivity contribution in [2.24, 2.45) is 0 Å². The molecule has 112 valence electrons. The predicted octanol–water partition coefficient (Wildman–Crippen LogP) is 2.95. The van der Waals surface area contributed by atoms with Crippen molar-refractivity contribution in [3.63, 3.8) is 0 Å². The highest BCUT2D eigenvalue weighted by molar-refractivity contribution is 7.94. The minimum atomic E-state index is -4.13. The molecule has 1 aromatic carbocycles. The molecular formula is C10H7ClFN3O4S2. The van der Waals surface area contributed by atoms with Crippen molar-refractivity contribution in [1.82, 2.24) is 4.98 Å². The zero-order valence-electron chi connectivity index (χ0n) is 10.3. The van der Waals surface area contributed by atoms with Gasteiger partial charge < -0.3 is 0 Å². The molecule has 0 radical (unpaired) electrons. The van der Waals surface area contributed by atoms with E-state index in [2.05, 4.69) is 4.98 Å². The summed E-state index contributed by atoms with van der Waals surface area (Å²) in [6.45, 7) is 1.43. The van der Waals surface area contributed by atoms with Crippen LogP contribution in [0.15, 0.2) is 22.4 Å². The van der Waals surface area contributed by atoms with E-state index in [1.54, 1.807) is 0 Å². The zero-order chi connectivity index (χ0) is 15.8. The van der Waals surface area contributed by atoms with Gasteiger partial charge >= 0.3 is 0 Å². The Bertz CT molecular complexity index is 822. The number of non-ortho nitro benzene ring substituents is 1. The van der Waals surface area contributed by atoms with Crippen molar-refractivity contribution in [2.75, 3.05) is 4.72 Å². The van der Waals surface area contributed by atoms with Gasteiger partial charge in [-0.3, -0.25) is 14.8 Å². The summed E-state index contributed by atoms with van der Waals surface area (Å²) in [4.78, 5) is 13.6. The highest BCUT2D eigenvalue weighted by Crippen LogP contribution is 2.30. The molecule has 11 heteroatoms. The molecule has 0 atom stereocenters. The summed E-state index contributed by atoms with van der Waals surface area (Å²) in [7, 11) is -4.13. The molecule has 0 amide bonds. The van der Waals surface area contributed by atoms with Crippen LogP contribution in [0.2, 0.25) is 4.47 Å². The molecule has 0 saturated carbocycles. The summed E-state index contributed by atoms with van der Waals surface area (Å²) in [5.41, 5.74) is -0.801. The minimum absolute atomic E-state index is 0.0207. The van der Waals surface area contributed by atoms with Gasteiger partial charge in [-0.2, -0.15) is 0 Å². The maximum atomic E-state index is 13.6. The summed E-state index contributed by atoms with van der Waals surface area (Å²) in [6.07, 6.45) is 0. The molecule has 2 rings (SSSR count). The molecule has 0 bridgehead atoms. The van der Waals surface area contributed by atoms with Crippen LogP contribution < -0.4 is 4.72 Å². The van der Waals surface area contributed by atoms with Gasteiger partial charge in [0.2, 0.25) is 0 Å². The predicted molar refractivity (Wildman–Crippen MR) is 75.7 cm³/mol. The molecule has 0 aliphatic rings. The van der Waals surface area contributed by atoms with Crippen LogP contribution in [0.4, 0.5) is 15.8 Å². The molecule has 2 aromatic rings. The van der Waals surface area contributed by atoms with Crippen LogP contribution in [0.1, 0.15) is 5.69 Å². The van der Waals surface area contributed by atoms with E-state index in [1.807, 2.05) is 4.72 Å². The number of hydrogen-bond acceptors (Lipinski definition) is 6. The first-order valence-electron chi connectivity index (χ1n) is 5.30. The Hall–Kier alpha value is -1.78. The van der Waals surface area contributed by atoms with E-state index in [4.69, 9.17) is 11.6 Å². The number of nitrogens with zero attached hydrogens (tertiary/aromatic N) is 2. The molecule has 1 heterocycles. The minimum Gasteiger partial charge on any atom is -0.276 e. The molecule has 0 aliphatic heterocycles. The average Bonchev–Trinajstić information content (AvgIpc) is 2.71. The normalized spacial score (nSPS) is 11.4. The fourth-order valence-electron chi connectivity index (χ4n) is 1.50. The van der Waals surface area contributed by atoms with E-state index >= 15 is 0 Å². The van der Waals surface area contributed by atoms with Crippen molar-refractivity contribution in [3.05, 3.63) is 44.3 Å². The Labute approximate surface area is 127 Å². The first-order chi connectivity index (χ1) is 9.70. The summed E-state index contributed by atoms with van der Waals surface area (Å²) in [5.74, 6) is -0.933. The number of aromatic nitrogens is 1. The average molecular weight is 352 g/mol. The first-order valence-corrected chi connectivity index (χ1v) is 7.98. The Morgan fingerprint density at radius 2 is 2.14 bits per heavy atom. The smallest absolute Gasteiger partial charge is 0.273 e. The number of sulfonamides is 1. The van der Waals surface area contributed by atoms with Crippen LogP contribution in [-0.2, 0) is 10.0 Å². The van der Waals surface area contributed by atoms with Gasteiger partial charge in [0.15, 0.2) is 8.68 Å². The van der Waals surface area contributed by atoms with E-state index in [0.717, 1.165) is 18.2 Å². The number of hydrogen-bond donors (Lipinski definition) is 1. The van der Waals surface area contributed by atoms with Crippen molar-refractivity contribution >= 4 is 44.3 Å². The lowest BCUT2D eigenvalue weighted by atomic mass is 10.3. The van der Waals surface area contributed by atoms with Gasteiger partial charge in [-0.05, 0) is 13.0 Å². The summed E-state index contributed by atoms with van der Waals surface area (Å²) >= 11 is 6.33. The second kappa shape index (κ2) is 5.54. The van der Waals surface area contributed by atoms with Crippen LogP contribution in [0, 0.1) is 22.9 Å². The third-order valence-corrected chi connectivity index (χ3v) is 5.61. The maximum Gasteiger partial charge on any atom is 0.273 e. The molecule has 0 saturated heterocycles. The van der Waals surface area contributed by atoms with Crippen LogP contribution in [0.25, 0.3) is 0 Å². The number of anilines is 1. The molecule has 1 N–H and O–H groups in total. The topological polar surface area (TPSA) is 102 Å². The largest absolute Gasteiger partial charge is 0.276 e. The Morgan fingerprint density at radius 1 is 1.48 bits per heavy atom. The fraction of sp³-hybridized carbons (Fsp3) is 0.100. The maximum absolute atomic E-state index is 13.6. The molecule has 1 aromatic heterocycles. The third kappa shape index (κ3) is 3.28. The molecule has 21 heavy (non-hydrogen) atoms. The summed E-state index contributed by atoms with van der Waals surface area (Å²) < 4.78 is 39.7. The van der Waals surface area contributed by atoms with Crippen molar-refractivity contribution < 1.29 is 17.7 Å². The van der Waals surface area contributed by atoms with Crippen molar-refractivity contribution in [3.8, 4) is 0 Å². The van der Waals surface area contributed by atoms with Crippen LogP contribution in [0.5, 0.6) is 0 Å². The fourth-order valence-corrected chi connectivity index (χ4v) is 4.29. The number of thiazole rings is 1. The lowest BCUT2D eigenvalue weighted by molar-refractivity contribution is -0.384. The Kier molecular flexibility index (Phi) is 4.12. The quantitative estimate of drug-likeness (QED) is 0.673. The van der Waals surface area contributed by atoms with E-state index in [1.165, 1.54) is 6.92 Å². The lowest BCUT2D eigenvalue weighted by Gasteiger charge is -2.07. The van der Waals surface area contributed by atoms with Gasteiger partial charge in [0.25, 0.3) is 15.7 Å². The lowest BCUT2D eigenvalue weighted by Crippen LogP contribution is -2.14. The van der Waals surface area contributed by atoms with Crippen molar-refractivity contribution in [1.29, 1.82) is 0 Å². The van der Waals surface area contributed by atoms with E-state index in [9.17, 15) is 22.9 Å². The number of benzene rings is 1. The Morgan fingerprint density at radius 3 is 2.67 bits per heavy atom. The second-order valence-electron chi connectivity index (χ2n) is 3.87. The molecule has 0 fully saturated rings. The van der Waals surface area contributed by atoms with E-state index in [0.29, 0.717) is 11.3 Å². The van der Waals surface area contributed by atoms with Gasteiger partial charge in [-0.25, -0.2) is 17.8 Å². The number of rotatable bonds is 4. The highest BCUT2D eigenvalue weighted by atomic mass is 35.5. The van der Waals surface area contributed by atoms with Gasteiger partial charge in [0.1, 0.15) is 5.82 Å². The van der Waals surface area contributed by atoms with Crippen molar-refractivity contribution in [2.45, 2.75) is 11.1 Å². The molecule has 0 spiro atoms. The van der Waals surface area contributed by atoms with Crippen LogP contribution >= 0.6 is 22.9 Å².